The Morgan fingerprint density at radius 1 is 1.03 bits per heavy atom. The Morgan fingerprint density at radius 2 is 1.81 bits per heavy atom. The molecule has 0 aromatic heterocycles. The first kappa shape index (κ1) is 26.7. The third-order valence-electron chi connectivity index (χ3n) is 6.69. The molecule has 3 aliphatic rings. The van der Waals surface area contributed by atoms with Crippen LogP contribution < -0.4 is 10.1 Å². The number of fused-ring (bicyclic) bond motifs is 1. The van der Waals surface area contributed by atoms with E-state index in [0.29, 0.717) is 32.1 Å². The summed E-state index contributed by atoms with van der Waals surface area (Å²) < 4.78 is 25.9. The highest BCUT2D eigenvalue weighted by Crippen LogP contribution is 2.35. The maximum absolute atomic E-state index is 14.9. The Kier molecular flexibility index (Phi) is 8.21. The first-order valence-electron chi connectivity index (χ1n) is 12.0. The number of hydrogen-bond acceptors (Lipinski definition) is 8. The number of ether oxygens (including phenoxy) is 2. The van der Waals surface area contributed by atoms with Crippen molar-refractivity contribution in [1.29, 1.82) is 0 Å². The van der Waals surface area contributed by atoms with Crippen molar-refractivity contribution in [2.75, 3.05) is 44.8 Å². The molecule has 1 unspecified atom stereocenters. The molecule has 196 valence electrons. The number of carbonyl (C=O) groups excluding carboxylic acids is 4. The fraction of sp³-hybridized carbons (Fsp3) is 0.385. The molecule has 2 amide bonds. The molecule has 2 heterocycles. The topological polar surface area (TPSA) is 105 Å². The molecule has 2 aromatic rings. The van der Waals surface area contributed by atoms with Gasteiger partial charge in [0.1, 0.15) is 24.0 Å². The zero-order valence-corrected chi connectivity index (χ0v) is 20.9. The van der Waals surface area contributed by atoms with Crippen LogP contribution in [0.5, 0.6) is 5.75 Å². The molecule has 37 heavy (non-hydrogen) atoms. The lowest BCUT2D eigenvalue weighted by Crippen LogP contribution is -2.47. The summed E-state index contributed by atoms with van der Waals surface area (Å²) in [4.78, 5) is 53.4. The molecule has 1 saturated carbocycles. The fourth-order valence-corrected chi connectivity index (χ4v) is 4.77. The quantitative estimate of drug-likeness (QED) is 0.429. The maximum atomic E-state index is 14.9. The molecule has 1 atom stereocenters. The number of nitrogens with one attached hydrogen (secondary N) is 1. The fourth-order valence-electron chi connectivity index (χ4n) is 4.77. The second kappa shape index (κ2) is 11.4. The van der Waals surface area contributed by atoms with Crippen molar-refractivity contribution in [1.82, 2.24) is 9.80 Å². The summed E-state index contributed by atoms with van der Waals surface area (Å²) in [6.07, 6.45) is -0.0240. The van der Waals surface area contributed by atoms with Crippen molar-refractivity contribution in [3.05, 3.63) is 53.3 Å². The molecule has 0 spiro atoms. The van der Waals surface area contributed by atoms with Crippen LogP contribution in [-0.2, 0) is 14.3 Å². The third-order valence-corrected chi connectivity index (χ3v) is 6.69. The minimum Gasteiger partial charge on any atom is -0.492 e. The van der Waals surface area contributed by atoms with Gasteiger partial charge in [-0.1, -0.05) is 6.07 Å². The zero-order valence-electron chi connectivity index (χ0n) is 20.0. The Morgan fingerprint density at radius 3 is 2.54 bits per heavy atom. The maximum Gasteiger partial charge on any atom is 0.264 e. The zero-order chi connectivity index (χ0) is 25.2. The molecule has 1 saturated heterocycles. The van der Waals surface area contributed by atoms with E-state index in [-0.39, 0.29) is 60.0 Å². The Balaban J connectivity index is 0.00000320. The molecule has 1 aliphatic carbocycles. The van der Waals surface area contributed by atoms with E-state index >= 15 is 0 Å². The van der Waals surface area contributed by atoms with Gasteiger partial charge < -0.3 is 14.8 Å². The van der Waals surface area contributed by atoms with Gasteiger partial charge in [0.05, 0.1) is 48.2 Å². The van der Waals surface area contributed by atoms with Crippen LogP contribution in [0.15, 0.2) is 36.4 Å². The van der Waals surface area contributed by atoms with Crippen LogP contribution in [0.25, 0.3) is 0 Å². The third kappa shape index (κ3) is 5.51. The monoisotopic (exact) mass is 531 g/mol. The normalized spacial score (nSPS) is 20.0. The molecule has 0 bridgehead atoms. The smallest absolute Gasteiger partial charge is 0.264 e. The molecule has 2 aromatic carbocycles. The molecule has 2 fully saturated rings. The van der Waals surface area contributed by atoms with Gasteiger partial charge in [0.15, 0.2) is 5.78 Å². The van der Waals surface area contributed by atoms with Crippen LogP contribution in [0, 0.1) is 5.82 Å². The van der Waals surface area contributed by atoms with Gasteiger partial charge in [-0.2, -0.15) is 0 Å². The van der Waals surface area contributed by atoms with E-state index in [1.54, 1.807) is 18.2 Å². The molecule has 5 rings (SSSR count). The van der Waals surface area contributed by atoms with Crippen LogP contribution in [-0.4, -0.2) is 78.7 Å². The van der Waals surface area contributed by atoms with Gasteiger partial charge in [-0.25, -0.2) is 4.39 Å². The van der Waals surface area contributed by atoms with Gasteiger partial charge in [0.25, 0.3) is 11.8 Å². The number of Topliss-reactive ketones (excluding diaryl/α,β-unsaturated/α-hetero) is 2. The number of nitrogens with zero attached hydrogens (tertiary/aromatic N) is 2. The van der Waals surface area contributed by atoms with Crippen molar-refractivity contribution in [2.24, 2.45) is 0 Å². The Bertz CT molecular complexity index is 1230. The predicted octanol–water partition coefficient (Wildman–Crippen LogP) is 2.99. The van der Waals surface area contributed by atoms with Crippen LogP contribution in [0.4, 0.5) is 15.8 Å². The second-order valence-electron chi connectivity index (χ2n) is 9.01. The summed E-state index contributed by atoms with van der Waals surface area (Å²) in [6.45, 7) is 4.20. The van der Waals surface area contributed by atoms with Gasteiger partial charge in [-0.15, -0.1) is 12.4 Å². The van der Waals surface area contributed by atoms with Gasteiger partial charge in [0, 0.05) is 32.1 Å². The number of imide groups is 1. The van der Waals surface area contributed by atoms with E-state index < -0.39 is 29.5 Å². The highest BCUT2D eigenvalue weighted by atomic mass is 35.5. The average molecular weight is 532 g/mol. The highest BCUT2D eigenvalue weighted by molar-refractivity contribution is 6.25. The number of rotatable bonds is 7. The van der Waals surface area contributed by atoms with Crippen LogP contribution >= 0.6 is 12.4 Å². The van der Waals surface area contributed by atoms with Crippen molar-refractivity contribution >= 4 is 47.2 Å². The summed E-state index contributed by atoms with van der Waals surface area (Å²) >= 11 is 0. The minimum atomic E-state index is -0.964. The molecule has 11 heteroatoms. The number of carbonyl (C=O) groups is 4. The van der Waals surface area contributed by atoms with Gasteiger partial charge >= 0.3 is 0 Å². The molecule has 9 nitrogen and oxygen atoms in total. The predicted molar refractivity (Wildman–Crippen MR) is 134 cm³/mol. The lowest BCUT2D eigenvalue weighted by atomic mass is 9.92. The number of anilines is 2. The van der Waals surface area contributed by atoms with E-state index in [9.17, 15) is 23.6 Å². The molecular weight excluding hydrogens is 505 g/mol. The SMILES string of the molecule is Cl.O=C1CCC(N2C(=O)c3cccc(Nc4ccc(OCCN5CCOCC5)cc4F)c3C2=O)C(=O)C1. The van der Waals surface area contributed by atoms with Crippen LogP contribution in [0.3, 0.4) is 0 Å². The van der Waals surface area contributed by atoms with Crippen LogP contribution in [0.2, 0.25) is 0 Å². The van der Waals surface area contributed by atoms with Gasteiger partial charge in [0.2, 0.25) is 0 Å². The first-order valence-corrected chi connectivity index (χ1v) is 12.0. The minimum absolute atomic E-state index is 0. The van der Waals surface area contributed by atoms with Crippen molar-refractivity contribution in [3.8, 4) is 5.75 Å². The molecular formula is C26H27ClFN3O6. The number of morpholine rings is 1. The van der Waals surface area contributed by atoms with Crippen LogP contribution in [0.1, 0.15) is 40.0 Å². The first-order chi connectivity index (χ1) is 17.4. The van der Waals surface area contributed by atoms with E-state index in [2.05, 4.69) is 10.2 Å². The largest absolute Gasteiger partial charge is 0.492 e. The van der Waals surface area contributed by atoms with E-state index in [1.807, 2.05) is 0 Å². The summed E-state index contributed by atoms with van der Waals surface area (Å²) in [5, 5.41) is 2.91. The summed E-state index contributed by atoms with van der Waals surface area (Å²) in [5.74, 6) is -2.05. The van der Waals surface area contributed by atoms with E-state index in [1.165, 1.54) is 18.2 Å². The average Bonchev–Trinajstić information content (AvgIpc) is 3.12. The summed E-state index contributed by atoms with van der Waals surface area (Å²) in [6, 6.07) is 8.10. The lowest BCUT2D eigenvalue weighted by molar-refractivity contribution is -0.132. The molecule has 0 radical (unpaired) electrons. The standard InChI is InChI=1S/C26H26FN3O6.ClH/c27-19-15-17(36-13-10-29-8-11-35-12-9-29)5-6-20(19)28-21-3-1-2-18-24(21)26(34)30(25(18)33)22-7-4-16(31)14-23(22)32;/h1-3,5-6,15,22,28H,4,7-14H2;1H. The number of amides is 2. The van der Waals surface area contributed by atoms with Gasteiger partial charge in [-0.3, -0.25) is 29.0 Å². The summed E-state index contributed by atoms with van der Waals surface area (Å²) in [7, 11) is 0. The highest BCUT2D eigenvalue weighted by Gasteiger charge is 2.45. The van der Waals surface area contributed by atoms with Crippen molar-refractivity contribution < 1.29 is 33.0 Å². The number of ketones is 2. The number of halogens is 2. The summed E-state index contributed by atoms with van der Waals surface area (Å²) in [5.41, 5.74) is 0.588. The Labute approximate surface area is 219 Å². The van der Waals surface area contributed by atoms with Crippen molar-refractivity contribution in [2.45, 2.75) is 25.3 Å². The van der Waals surface area contributed by atoms with E-state index in [4.69, 9.17) is 9.47 Å². The lowest BCUT2D eigenvalue weighted by Gasteiger charge is -2.27. The van der Waals surface area contributed by atoms with Crippen molar-refractivity contribution in [3.63, 3.8) is 0 Å². The molecule has 2 aliphatic heterocycles. The number of hydrogen-bond donors (Lipinski definition) is 1. The number of benzene rings is 2. The van der Waals surface area contributed by atoms with E-state index in [0.717, 1.165) is 18.0 Å². The second-order valence-corrected chi connectivity index (χ2v) is 9.01. The Hall–Kier alpha value is -3.34. The van der Waals surface area contributed by atoms with Gasteiger partial charge in [-0.05, 0) is 30.7 Å². The molecule has 1 N–H and O–H groups in total.